The smallest absolute Gasteiger partial charge is 0.226 e. The van der Waals surface area contributed by atoms with Crippen molar-refractivity contribution in [1.29, 1.82) is 0 Å². The molecule has 0 bridgehead atoms. The molecule has 3 aliphatic rings. The van der Waals surface area contributed by atoms with E-state index in [1.54, 1.807) is 14.2 Å². The number of hydrogen-bond acceptors (Lipinski definition) is 3. The Balaban J connectivity index is 1.94. The number of fused-ring (bicyclic) bond motifs is 1. The molecule has 1 aromatic carbocycles. The van der Waals surface area contributed by atoms with E-state index in [-0.39, 0.29) is 11.5 Å². The van der Waals surface area contributed by atoms with Gasteiger partial charge in [0.2, 0.25) is 5.91 Å². The molecule has 1 saturated carbocycles. The van der Waals surface area contributed by atoms with Crippen LogP contribution >= 0.6 is 0 Å². The molecule has 4 atom stereocenters. The summed E-state index contributed by atoms with van der Waals surface area (Å²) in [5.41, 5.74) is 2.49. The molecule has 1 spiro atoms. The van der Waals surface area contributed by atoms with Gasteiger partial charge in [0.1, 0.15) is 0 Å². The lowest BCUT2D eigenvalue weighted by Crippen LogP contribution is -2.53. The summed E-state index contributed by atoms with van der Waals surface area (Å²) in [6.45, 7) is 5.28. The van der Waals surface area contributed by atoms with Crippen LogP contribution in [-0.4, -0.2) is 31.6 Å². The number of hydrogen-bond donors (Lipinski definition) is 0. The van der Waals surface area contributed by atoms with Crippen molar-refractivity contribution in [2.75, 3.05) is 20.8 Å². The second kappa shape index (κ2) is 5.40. The number of methoxy groups -OCH3 is 2. The predicted molar refractivity (Wildman–Crippen MR) is 92.3 cm³/mol. The summed E-state index contributed by atoms with van der Waals surface area (Å²) in [6, 6.07) is 4.28. The summed E-state index contributed by atoms with van der Waals surface area (Å²) in [6.07, 6.45) is 4.33. The normalized spacial score (nSPS) is 34.4. The van der Waals surface area contributed by atoms with Crippen molar-refractivity contribution in [3.63, 3.8) is 0 Å². The zero-order valence-corrected chi connectivity index (χ0v) is 15.1. The van der Waals surface area contributed by atoms with Crippen LogP contribution in [0.25, 0.3) is 0 Å². The molecule has 4 nitrogen and oxygen atoms in total. The van der Waals surface area contributed by atoms with Crippen molar-refractivity contribution in [2.24, 2.45) is 17.8 Å². The largest absolute Gasteiger partial charge is 0.493 e. The molecule has 0 N–H and O–H groups in total. The maximum Gasteiger partial charge on any atom is 0.226 e. The van der Waals surface area contributed by atoms with Crippen molar-refractivity contribution in [1.82, 2.24) is 4.90 Å². The van der Waals surface area contributed by atoms with Crippen LogP contribution in [0.5, 0.6) is 11.5 Å². The van der Waals surface area contributed by atoms with E-state index in [1.165, 1.54) is 17.5 Å². The summed E-state index contributed by atoms with van der Waals surface area (Å²) in [5.74, 6) is 3.08. The van der Waals surface area contributed by atoms with Gasteiger partial charge in [-0.1, -0.05) is 20.3 Å². The molecule has 4 rings (SSSR count). The lowest BCUT2D eigenvalue weighted by atomic mass is 9.62. The topological polar surface area (TPSA) is 38.8 Å². The third-order valence-electron chi connectivity index (χ3n) is 6.66. The van der Waals surface area contributed by atoms with E-state index in [0.29, 0.717) is 17.7 Å². The minimum absolute atomic E-state index is 0.122. The molecule has 0 radical (unpaired) electrons. The fraction of sp³-hybridized carbons (Fsp3) is 0.650. The van der Waals surface area contributed by atoms with Crippen LogP contribution in [0.15, 0.2) is 12.1 Å². The zero-order chi connectivity index (χ0) is 17.1. The molecular formula is C20H27NO3. The Morgan fingerprint density at radius 1 is 1.12 bits per heavy atom. The number of amides is 1. The quantitative estimate of drug-likeness (QED) is 0.835. The Kier molecular flexibility index (Phi) is 3.55. The van der Waals surface area contributed by atoms with E-state index in [0.717, 1.165) is 37.3 Å². The highest BCUT2D eigenvalue weighted by molar-refractivity contribution is 5.84. The van der Waals surface area contributed by atoms with E-state index < -0.39 is 0 Å². The second-order valence-electron chi connectivity index (χ2n) is 7.81. The number of carbonyl (C=O) groups is 1. The Hall–Kier alpha value is -1.71. The second-order valence-corrected chi connectivity index (χ2v) is 7.81. The maximum atomic E-state index is 13.0. The first-order valence-electron chi connectivity index (χ1n) is 9.09. The van der Waals surface area contributed by atoms with Gasteiger partial charge in [0.15, 0.2) is 11.5 Å². The Labute approximate surface area is 144 Å². The van der Waals surface area contributed by atoms with Crippen molar-refractivity contribution in [3.05, 3.63) is 23.3 Å². The number of carbonyl (C=O) groups excluding carboxylic acids is 1. The number of rotatable bonds is 2. The molecule has 2 heterocycles. The molecule has 1 aliphatic carbocycles. The summed E-state index contributed by atoms with van der Waals surface area (Å²) in [7, 11) is 3.37. The van der Waals surface area contributed by atoms with Gasteiger partial charge in [-0.3, -0.25) is 4.79 Å². The van der Waals surface area contributed by atoms with Crippen LogP contribution in [0.4, 0.5) is 0 Å². The third-order valence-corrected chi connectivity index (χ3v) is 6.66. The van der Waals surface area contributed by atoms with Crippen LogP contribution in [0, 0.1) is 17.8 Å². The van der Waals surface area contributed by atoms with Gasteiger partial charge in [0.25, 0.3) is 0 Å². The Morgan fingerprint density at radius 3 is 2.54 bits per heavy atom. The Bertz CT molecular complexity index is 686. The highest BCUT2D eigenvalue weighted by Gasteiger charge is 2.60. The van der Waals surface area contributed by atoms with E-state index in [2.05, 4.69) is 30.9 Å². The zero-order valence-electron chi connectivity index (χ0n) is 15.1. The van der Waals surface area contributed by atoms with Crippen LogP contribution in [0.2, 0.25) is 0 Å². The number of ether oxygens (including phenoxy) is 2. The van der Waals surface area contributed by atoms with Gasteiger partial charge in [-0.2, -0.15) is 0 Å². The van der Waals surface area contributed by atoms with Crippen molar-refractivity contribution in [2.45, 2.75) is 45.1 Å². The van der Waals surface area contributed by atoms with Gasteiger partial charge >= 0.3 is 0 Å². The molecule has 0 unspecified atom stereocenters. The van der Waals surface area contributed by atoms with Gasteiger partial charge in [0.05, 0.1) is 19.8 Å². The molecule has 24 heavy (non-hydrogen) atoms. The summed E-state index contributed by atoms with van der Waals surface area (Å²) >= 11 is 0. The third kappa shape index (κ3) is 1.88. The summed E-state index contributed by atoms with van der Waals surface area (Å²) in [4.78, 5) is 15.2. The van der Waals surface area contributed by atoms with E-state index in [4.69, 9.17) is 9.47 Å². The van der Waals surface area contributed by atoms with E-state index in [9.17, 15) is 4.79 Å². The van der Waals surface area contributed by atoms with Crippen molar-refractivity contribution >= 4 is 5.91 Å². The molecule has 1 aromatic rings. The number of nitrogens with zero attached hydrogens (tertiary/aromatic N) is 1. The highest BCUT2D eigenvalue weighted by atomic mass is 16.5. The molecule has 1 saturated heterocycles. The maximum absolute atomic E-state index is 13.0. The molecule has 0 aromatic heterocycles. The lowest BCUT2D eigenvalue weighted by molar-refractivity contribution is -0.134. The minimum Gasteiger partial charge on any atom is -0.493 e. The standard InChI is InChI=1S/C20H27NO3/c1-12-5-6-15-13(2)19(22)21-8-7-14-9-17(23-3)18(24-4)10-16(14)20(15,21)11-12/h9-10,12-13,15H,5-8,11H2,1-4H3/t12-,13+,15-,20-/m1/s1. The van der Waals surface area contributed by atoms with Crippen molar-refractivity contribution in [3.8, 4) is 11.5 Å². The molecular weight excluding hydrogens is 302 g/mol. The first kappa shape index (κ1) is 15.8. The number of benzene rings is 1. The fourth-order valence-electron chi connectivity index (χ4n) is 5.60. The highest BCUT2D eigenvalue weighted by Crippen LogP contribution is 2.59. The molecule has 4 heteroatoms. The van der Waals surface area contributed by atoms with Gasteiger partial charge in [-0.05, 0) is 54.4 Å². The first-order chi connectivity index (χ1) is 11.5. The van der Waals surface area contributed by atoms with Gasteiger partial charge < -0.3 is 14.4 Å². The summed E-state index contributed by atoms with van der Waals surface area (Å²) < 4.78 is 11.1. The fourth-order valence-corrected chi connectivity index (χ4v) is 5.60. The van der Waals surface area contributed by atoms with Crippen molar-refractivity contribution < 1.29 is 14.3 Å². The van der Waals surface area contributed by atoms with Crippen LogP contribution in [0.3, 0.4) is 0 Å². The predicted octanol–water partition coefficient (Wildman–Crippen LogP) is 3.37. The summed E-state index contributed by atoms with van der Waals surface area (Å²) in [5, 5.41) is 0. The van der Waals surface area contributed by atoms with Crippen LogP contribution in [0.1, 0.15) is 44.2 Å². The van der Waals surface area contributed by atoms with E-state index >= 15 is 0 Å². The average molecular weight is 329 g/mol. The Morgan fingerprint density at radius 2 is 1.83 bits per heavy atom. The molecule has 1 amide bonds. The van der Waals surface area contributed by atoms with E-state index in [1.807, 2.05) is 0 Å². The van der Waals surface area contributed by atoms with Crippen LogP contribution in [-0.2, 0) is 16.8 Å². The molecule has 130 valence electrons. The average Bonchev–Trinajstić information content (AvgIpc) is 2.81. The van der Waals surface area contributed by atoms with Gasteiger partial charge in [-0.25, -0.2) is 0 Å². The molecule has 2 aliphatic heterocycles. The van der Waals surface area contributed by atoms with Gasteiger partial charge in [0, 0.05) is 12.5 Å². The lowest BCUT2D eigenvalue weighted by Gasteiger charge is -2.51. The van der Waals surface area contributed by atoms with Gasteiger partial charge in [-0.15, -0.1) is 0 Å². The monoisotopic (exact) mass is 329 g/mol. The SMILES string of the molecule is COc1cc2c(cc1OC)[C@@]13C[C@H](C)CC[C@@H]1[C@H](C)C(=O)N3CC2. The minimum atomic E-state index is -0.138. The molecule has 2 fully saturated rings. The first-order valence-corrected chi connectivity index (χ1v) is 9.09. The van der Waals surface area contributed by atoms with Crippen LogP contribution < -0.4 is 9.47 Å².